The number of piperazine rings is 1. The third-order valence-electron chi connectivity index (χ3n) is 5.49. The zero-order chi connectivity index (χ0) is 23.4. The van der Waals surface area contributed by atoms with E-state index in [1.165, 1.54) is 6.07 Å². The highest BCUT2D eigenvalue weighted by molar-refractivity contribution is 6.00. The van der Waals surface area contributed by atoms with Gasteiger partial charge in [0.15, 0.2) is 0 Å². The van der Waals surface area contributed by atoms with Gasteiger partial charge in [-0.05, 0) is 48.5 Å². The van der Waals surface area contributed by atoms with Gasteiger partial charge in [0.25, 0.3) is 5.91 Å². The zero-order valence-corrected chi connectivity index (χ0v) is 18.0. The molecule has 1 saturated heterocycles. The Morgan fingerprint density at radius 1 is 1.00 bits per heavy atom. The summed E-state index contributed by atoms with van der Waals surface area (Å²) in [6.45, 7) is 2.42. The van der Waals surface area contributed by atoms with E-state index in [1.807, 2.05) is 24.3 Å². The number of alkyl halides is 3. The summed E-state index contributed by atoms with van der Waals surface area (Å²) in [6.07, 6.45) is -3.45. The maximum atomic E-state index is 13.2. The lowest BCUT2D eigenvalue weighted by molar-refractivity contribution is -0.141. The number of ether oxygens (including phenoxy) is 1. The molecule has 3 aromatic rings. The van der Waals surface area contributed by atoms with Gasteiger partial charge in [-0.2, -0.15) is 13.2 Å². The molecule has 0 spiro atoms. The van der Waals surface area contributed by atoms with Crippen molar-refractivity contribution in [2.24, 2.45) is 0 Å². The molecule has 172 valence electrons. The van der Waals surface area contributed by atoms with Gasteiger partial charge >= 0.3 is 6.18 Å². The predicted octanol–water partition coefficient (Wildman–Crippen LogP) is 4.82. The van der Waals surface area contributed by atoms with Crippen LogP contribution in [0.3, 0.4) is 0 Å². The SMILES string of the molecule is COc1ccc(N2CCN(C(=O)c3ccccc3Nc3ccnc(C(F)(F)F)c3)CC2)cc1. The molecule has 0 atom stereocenters. The number of anilines is 3. The molecule has 0 radical (unpaired) electrons. The van der Waals surface area contributed by atoms with E-state index in [-0.39, 0.29) is 11.6 Å². The summed E-state index contributed by atoms with van der Waals surface area (Å²) in [6, 6.07) is 16.9. The molecule has 4 rings (SSSR count). The summed E-state index contributed by atoms with van der Waals surface area (Å²) < 4.78 is 44.2. The Hall–Kier alpha value is -3.75. The van der Waals surface area contributed by atoms with Gasteiger partial charge in [0, 0.05) is 43.8 Å². The van der Waals surface area contributed by atoms with Crippen LogP contribution in [0.2, 0.25) is 0 Å². The Labute approximate surface area is 189 Å². The molecule has 1 aromatic heterocycles. The molecule has 2 heterocycles. The molecular weight excluding hydrogens is 433 g/mol. The van der Waals surface area contributed by atoms with E-state index in [4.69, 9.17) is 4.74 Å². The van der Waals surface area contributed by atoms with Gasteiger partial charge in [-0.15, -0.1) is 0 Å². The highest BCUT2D eigenvalue weighted by Gasteiger charge is 2.32. The average Bonchev–Trinajstić information content (AvgIpc) is 2.84. The number of hydrogen-bond acceptors (Lipinski definition) is 5. The number of hydrogen-bond donors (Lipinski definition) is 1. The van der Waals surface area contributed by atoms with Crippen molar-refractivity contribution in [2.45, 2.75) is 6.18 Å². The van der Waals surface area contributed by atoms with E-state index in [2.05, 4.69) is 15.2 Å². The molecule has 0 bridgehead atoms. The molecule has 1 amide bonds. The van der Waals surface area contributed by atoms with Crippen LogP contribution in [0.1, 0.15) is 16.1 Å². The highest BCUT2D eigenvalue weighted by atomic mass is 19.4. The second-order valence-electron chi connectivity index (χ2n) is 7.58. The molecule has 9 heteroatoms. The van der Waals surface area contributed by atoms with Crippen molar-refractivity contribution in [3.05, 3.63) is 78.1 Å². The number of nitrogens with zero attached hydrogens (tertiary/aromatic N) is 3. The Kier molecular flexibility index (Phi) is 6.39. The number of aromatic nitrogens is 1. The molecule has 2 aromatic carbocycles. The molecule has 0 aliphatic carbocycles. The maximum Gasteiger partial charge on any atom is 0.433 e. The minimum Gasteiger partial charge on any atom is -0.497 e. The van der Waals surface area contributed by atoms with Crippen LogP contribution in [-0.4, -0.2) is 49.1 Å². The first kappa shape index (κ1) is 22.4. The number of carbonyl (C=O) groups excluding carboxylic acids is 1. The molecule has 1 aliphatic rings. The fraction of sp³-hybridized carbons (Fsp3) is 0.250. The number of pyridine rings is 1. The highest BCUT2D eigenvalue weighted by Crippen LogP contribution is 2.30. The van der Waals surface area contributed by atoms with E-state index >= 15 is 0 Å². The van der Waals surface area contributed by atoms with Crippen LogP contribution in [0.4, 0.5) is 30.2 Å². The predicted molar refractivity (Wildman–Crippen MR) is 120 cm³/mol. The third kappa shape index (κ3) is 5.19. The van der Waals surface area contributed by atoms with Gasteiger partial charge in [-0.1, -0.05) is 12.1 Å². The Bertz CT molecular complexity index is 1110. The Balaban J connectivity index is 1.45. The molecular formula is C24H23F3N4O2. The molecule has 1 aliphatic heterocycles. The van der Waals surface area contributed by atoms with Gasteiger partial charge in [-0.3, -0.25) is 9.78 Å². The summed E-state index contributed by atoms with van der Waals surface area (Å²) in [7, 11) is 1.62. The van der Waals surface area contributed by atoms with Gasteiger partial charge in [0.1, 0.15) is 11.4 Å². The summed E-state index contributed by atoms with van der Waals surface area (Å²) in [5.41, 5.74) is 1.12. The van der Waals surface area contributed by atoms with Crippen LogP contribution < -0.4 is 15.0 Å². The van der Waals surface area contributed by atoms with Gasteiger partial charge < -0.3 is 19.9 Å². The summed E-state index contributed by atoms with van der Waals surface area (Å²) in [5.74, 6) is 0.616. The Morgan fingerprint density at radius 2 is 1.70 bits per heavy atom. The molecule has 0 saturated carbocycles. The second kappa shape index (κ2) is 9.40. The lowest BCUT2D eigenvalue weighted by Crippen LogP contribution is -2.48. The fourth-order valence-electron chi connectivity index (χ4n) is 3.73. The second-order valence-corrected chi connectivity index (χ2v) is 7.58. The van der Waals surface area contributed by atoms with Crippen LogP contribution in [0.5, 0.6) is 5.75 Å². The number of rotatable bonds is 5. The lowest BCUT2D eigenvalue weighted by atomic mass is 10.1. The number of halogens is 3. The van der Waals surface area contributed by atoms with Crippen LogP contribution >= 0.6 is 0 Å². The molecule has 0 unspecified atom stereocenters. The summed E-state index contributed by atoms with van der Waals surface area (Å²) in [4.78, 5) is 20.6. The quantitative estimate of drug-likeness (QED) is 0.597. The number of carbonyl (C=O) groups is 1. The van der Waals surface area contributed by atoms with E-state index in [9.17, 15) is 18.0 Å². The topological polar surface area (TPSA) is 57.7 Å². The van der Waals surface area contributed by atoms with Crippen LogP contribution in [-0.2, 0) is 6.18 Å². The molecule has 6 nitrogen and oxygen atoms in total. The first-order chi connectivity index (χ1) is 15.8. The van der Waals surface area contributed by atoms with Gasteiger partial charge in [-0.25, -0.2) is 0 Å². The minimum absolute atomic E-state index is 0.169. The van der Waals surface area contributed by atoms with E-state index in [0.29, 0.717) is 37.4 Å². The summed E-state index contributed by atoms with van der Waals surface area (Å²) >= 11 is 0. The van der Waals surface area contributed by atoms with Crippen molar-refractivity contribution in [1.29, 1.82) is 0 Å². The van der Waals surface area contributed by atoms with Gasteiger partial charge in [0.05, 0.1) is 18.4 Å². The van der Waals surface area contributed by atoms with Gasteiger partial charge in [0.2, 0.25) is 0 Å². The molecule has 1 N–H and O–H groups in total. The largest absolute Gasteiger partial charge is 0.497 e. The van der Waals surface area contributed by atoms with E-state index in [0.717, 1.165) is 23.7 Å². The maximum absolute atomic E-state index is 13.2. The van der Waals surface area contributed by atoms with Crippen LogP contribution in [0, 0.1) is 0 Å². The summed E-state index contributed by atoms with van der Waals surface area (Å²) in [5, 5.41) is 2.94. The van der Waals surface area contributed by atoms with E-state index in [1.54, 1.807) is 36.3 Å². The number of nitrogens with one attached hydrogen (secondary N) is 1. The number of para-hydroxylation sites is 1. The normalized spacial score (nSPS) is 14.2. The van der Waals surface area contributed by atoms with Crippen molar-refractivity contribution >= 4 is 23.0 Å². The smallest absolute Gasteiger partial charge is 0.433 e. The van der Waals surface area contributed by atoms with Crippen molar-refractivity contribution < 1.29 is 22.7 Å². The zero-order valence-electron chi connectivity index (χ0n) is 18.0. The van der Waals surface area contributed by atoms with Crippen molar-refractivity contribution in [1.82, 2.24) is 9.88 Å². The number of methoxy groups -OCH3 is 1. The molecule has 33 heavy (non-hydrogen) atoms. The first-order valence-corrected chi connectivity index (χ1v) is 10.4. The monoisotopic (exact) mass is 456 g/mol. The van der Waals surface area contributed by atoms with Crippen molar-refractivity contribution in [3.8, 4) is 5.75 Å². The van der Waals surface area contributed by atoms with Crippen LogP contribution in [0.15, 0.2) is 66.9 Å². The third-order valence-corrected chi connectivity index (χ3v) is 5.49. The fourth-order valence-corrected chi connectivity index (χ4v) is 3.73. The lowest BCUT2D eigenvalue weighted by Gasteiger charge is -2.36. The van der Waals surface area contributed by atoms with E-state index < -0.39 is 11.9 Å². The molecule has 1 fully saturated rings. The van der Waals surface area contributed by atoms with Crippen molar-refractivity contribution in [2.75, 3.05) is 43.5 Å². The van der Waals surface area contributed by atoms with Crippen LogP contribution in [0.25, 0.3) is 0 Å². The first-order valence-electron chi connectivity index (χ1n) is 10.4. The minimum atomic E-state index is -4.55. The Morgan fingerprint density at radius 3 is 2.36 bits per heavy atom. The standard InChI is InChI=1S/C24H23F3N4O2/c1-33-19-8-6-18(7-9-19)30-12-14-31(15-13-30)23(32)20-4-2-3-5-21(20)29-17-10-11-28-22(16-17)24(25,26)27/h2-11,16H,12-15H2,1H3,(H,28,29). The van der Waals surface area contributed by atoms with Crippen molar-refractivity contribution in [3.63, 3.8) is 0 Å². The number of amides is 1. The average molecular weight is 456 g/mol. The number of benzene rings is 2.